The number of pyridine rings is 1. The molecule has 0 spiro atoms. The Hall–Kier alpha value is -2.14. The van der Waals surface area contributed by atoms with Gasteiger partial charge in [0.25, 0.3) is 0 Å². The predicted octanol–water partition coefficient (Wildman–Crippen LogP) is 2.93. The number of piperidine rings is 1. The Bertz CT molecular complexity index is 760. The average molecular weight is 328 g/mol. The minimum absolute atomic E-state index is 0.258. The van der Waals surface area contributed by atoms with Gasteiger partial charge in [0, 0.05) is 18.5 Å². The molecule has 24 heavy (non-hydrogen) atoms. The van der Waals surface area contributed by atoms with E-state index in [1.165, 1.54) is 0 Å². The highest BCUT2D eigenvalue weighted by Gasteiger charge is 2.29. The Morgan fingerprint density at radius 2 is 2.17 bits per heavy atom. The third-order valence-electron chi connectivity index (χ3n) is 4.83. The number of hydrogen-bond donors (Lipinski definition) is 1. The molecule has 0 amide bonds. The maximum atomic E-state index is 12.6. The number of anilines is 1. The summed E-state index contributed by atoms with van der Waals surface area (Å²) in [6.07, 6.45) is 0.458. The van der Waals surface area contributed by atoms with Gasteiger partial charge in [-0.15, -0.1) is 0 Å². The van der Waals surface area contributed by atoms with Gasteiger partial charge in [0.2, 0.25) is 0 Å². The van der Waals surface area contributed by atoms with Crippen molar-refractivity contribution in [2.45, 2.75) is 33.3 Å². The summed E-state index contributed by atoms with van der Waals surface area (Å²) in [6.45, 7) is 7.36. The van der Waals surface area contributed by atoms with Gasteiger partial charge in [0.05, 0.1) is 18.2 Å². The molecule has 1 saturated heterocycles. The molecule has 1 aliphatic heterocycles. The van der Waals surface area contributed by atoms with Crippen LogP contribution in [0.1, 0.15) is 36.2 Å². The fourth-order valence-electron chi connectivity index (χ4n) is 3.28. The summed E-state index contributed by atoms with van der Waals surface area (Å²) in [5, 5.41) is 11.2. The lowest BCUT2D eigenvalue weighted by Gasteiger charge is -2.36. The van der Waals surface area contributed by atoms with E-state index in [-0.39, 0.29) is 11.9 Å². The van der Waals surface area contributed by atoms with Crippen LogP contribution in [0.2, 0.25) is 0 Å². The van der Waals surface area contributed by atoms with Crippen molar-refractivity contribution in [2.75, 3.05) is 24.6 Å². The number of aliphatic hydroxyl groups excluding tert-OH is 1. The summed E-state index contributed by atoms with van der Waals surface area (Å²) < 4.78 is 5.27. The molecule has 2 heterocycles. The fraction of sp³-hybridized carbons (Fsp3) is 0.474. The lowest BCUT2D eigenvalue weighted by molar-refractivity contribution is 0.0524. The zero-order valence-corrected chi connectivity index (χ0v) is 14.5. The lowest BCUT2D eigenvalue weighted by Crippen LogP contribution is -2.44. The molecule has 1 fully saturated rings. The number of fused-ring (bicyclic) bond motifs is 1. The van der Waals surface area contributed by atoms with E-state index >= 15 is 0 Å². The first kappa shape index (κ1) is 16.7. The van der Waals surface area contributed by atoms with Gasteiger partial charge in [-0.3, -0.25) is 0 Å². The highest BCUT2D eigenvalue weighted by molar-refractivity contribution is 6.02. The molecule has 5 nitrogen and oxygen atoms in total. The standard InChI is InChI=1S/C19H24N2O3/c1-4-24-19(23)17-13(3)14-7-5-6-8-15(14)20-18(17)21-10-9-12(2)16(22)11-21/h5-8,12,16,22H,4,9-11H2,1-3H3. The third kappa shape index (κ3) is 2.96. The maximum Gasteiger partial charge on any atom is 0.342 e. The topological polar surface area (TPSA) is 62.7 Å². The van der Waals surface area contributed by atoms with Gasteiger partial charge in [0.15, 0.2) is 0 Å². The molecule has 1 aromatic heterocycles. The predicted molar refractivity (Wildman–Crippen MR) is 94.4 cm³/mol. The number of ether oxygens (including phenoxy) is 1. The van der Waals surface area contributed by atoms with E-state index in [0.717, 1.165) is 29.4 Å². The van der Waals surface area contributed by atoms with Crippen molar-refractivity contribution in [2.24, 2.45) is 5.92 Å². The minimum Gasteiger partial charge on any atom is -0.462 e. The van der Waals surface area contributed by atoms with Gasteiger partial charge < -0.3 is 14.7 Å². The fourth-order valence-corrected chi connectivity index (χ4v) is 3.28. The number of carbonyl (C=O) groups excluding carboxylic acids is 1. The smallest absolute Gasteiger partial charge is 0.342 e. The summed E-state index contributed by atoms with van der Waals surface area (Å²) in [5.74, 6) is 0.529. The zero-order valence-electron chi connectivity index (χ0n) is 14.5. The van der Waals surface area contributed by atoms with Gasteiger partial charge in [0.1, 0.15) is 11.4 Å². The van der Waals surface area contributed by atoms with Crippen LogP contribution in [0.15, 0.2) is 24.3 Å². The summed E-state index contributed by atoms with van der Waals surface area (Å²) in [6, 6.07) is 7.80. The Kier molecular flexibility index (Phi) is 4.71. The number of carbonyl (C=O) groups is 1. The lowest BCUT2D eigenvalue weighted by atomic mass is 9.95. The largest absolute Gasteiger partial charge is 0.462 e. The second-order valence-electron chi connectivity index (χ2n) is 6.45. The zero-order chi connectivity index (χ0) is 17.3. The van der Waals surface area contributed by atoms with Gasteiger partial charge in [-0.25, -0.2) is 9.78 Å². The number of nitrogens with zero attached hydrogens (tertiary/aromatic N) is 2. The van der Waals surface area contributed by atoms with Crippen molar-refractivity contribution in [3.05, 3.63) is 35.4 Å². The average Bonchev–Trinajstić information content (AvgIpc) is 2.57. The van der Waals surface area contributed by atoms with Crippen LogP contribution in [0.4, 0.5) is 5.82 Å². The molecule has 2 unspecified atom stereocenters. The normalized spacial score (nSPS) is 21.1. The second-order valence-corrected chi connectivity index (χ2v) is 6.45. The van der Waals surface area contributed by atoms with Crippen molar-refractivity contribution in [3.63, 3.8) is 0 Å². The molecule has 0 saturated carbocycles. The number of rotatable bonds is 3. The number of esters is 1. The highest BCUT2D eigenvalue weighted by atomic mass is 16.5. The number of β-amino-alcohol motifs (C(OH)–C–C–N with tert-alkyl or cyclic N) is 1. The van der Waals surface area contributed by atoms with Crippen LogP contribution in [-0.2, 0) is 4.74 Å². The molecule has 1 aliphatic rings. The summed E-state index contributed by atoms with van der Waals surface area (Å²) in [4.78, 5) is 19.3. The first-order valence-electron chi connectivity index (χ1n) is 8.52. The maximum absolute atomic E-state index is 12.6. The van der Waals surface area contributed by atoms with Crippen LogP contribution in [-0.4, -0.2) is 41.9 Å². The van der Waals surface area contributed by atoms with Crippen molar-refractivity contribution >= 4 is 22.7 Å². The van der Waals surface area contributed by atoms with E-state index in [9.17, 15) is 9.90 Å². The Labute approximate surface area is 142 Å². The van der Waals surface area contributed by atoms with Crippen molar-refractivity contribution < 1.29 is 14.6 Å². The number of benzene rings is 1. The summed E-state index contributed by atoms with van der Waals surface area (Å²) >= 11 is 0. The van der Waals surface area contributed by atoms with Crippen LogP contribution in [0.3, 0.4) is 0 Å². The van der Waals surface area contributed by atoms with Gasteiger partial charge in [-0.1, -0.05) is 25.1 Å². The van der Waals surface area contributed by atoms with Crippen LogP contribution < -0.4 is 4.90 Å². The molecule has 128 valence electrons. The van der Waals surface area contributed by atoms with Crippen LogP contribution in [0, 0.1) is 12.8 Å². The SMILES string of the molecule is CCOC(=O)c1c(N2CCC(C)C(O)C2)nc2ccccc2c1C. The van der Waals surface area contributed by atoms with Crippen LogP contribution in [0.25, 0.3) is 10.9 Å². The van der Waals surface area contributed by atoms with Crippen molar-refractivity contribution in [1.82, 2.24) is 4.98 Å². The summed E-state index contributed by atoms with van der Waals surface area (Å²) in [7, 11) is 0. The van der Waals surface area contributed by atoms with E-state index in [1.54, 1.807) is 6.92 Å². The molecule has 0 radical (unpaired) electrons. The van der Waals surface area contributed by atoms with Crippen LogP contribution >= 0.6 is 0 Å². The number of aliphatic hydroxyl groups is 1. The molecule has 2 aromatic rings. The Balaban J connectivity index is 2.14. The van der Waals surface area contributed by atoms with Crippen molar-refractivity contribution in [1.29, 1.82) is 0 Å². The number of aromatic nitrogens is 1. The van der Waals surface area contributed by atoms with Gasteiger partial charge in [-0.2, -0.15) is 0 Å². The van der Waals surface area contributed by atoms with E-state index in [4.69, 9.17) is 9.72 Å². The molecule has 5 heteroatoms. The van der Waals surface area contributed by atoms with E-state index in [1.807, 2.05) is 43.0 Å². The Morgan fingerprint density at radius 1 is 1.42 bits per heavy atom. The molecule has 0 aliphatic carbocycles. The van der Waals surface area contributed by atoms with Crippen molar-refractivity contribution in [3.8, 4) is 0 Å². The molecule has 3 rings (SSSR count). The quantitative estimate of drug-likeness (QED) is 0.878. The molecular formula is C19H24N2O3. The van der Waals surface area contributed by atoms with E-state index < -0.39 is 6.10 Å². The third-order valence-corrected chi connectivity index (χ3v) is 4.83. The van der Waals surface area contributed by atoms with E-state index in [2.05, 4.69) is 0 Å². The first-order valence-corrected chi connectivity index (χ1v) is 8.52. The number of aryl methyl sites for hydroxylation is 1. The van der Waals surface area contributed by atoms with E-state index in [0.29, 0.717) is 24.5 Å². The molecule has 1 N–H and O–H groups in total. The Morgan fingerprint density at radius 3 is 2.88 bits per heavy atom. The molecule has 1 aromatic carbocycles. The van der Waals surface area contributed by atoms with Gasteiger partial charge >= 0.3 is 5.97 Å². The monoisotopic (exact) mass is 328 g/mol. The number of para-hydroxylation sites is 1. The molecular weight excluding hydrogens is 304 g/mol. The number of hydrogen-bond acceptors (Lipinski definition) is 5. The second kappa shape index (κ2) is 6.77. The summed E-state index contributed by atoms with van der Waals surface area (Å²) in [5.41, 5.74) is 2.24. The minimum atomic E-state index is -0.414. The highest BCUT2D eigenvalue weighted by Crippen LogP contribution is 2.31. The molecule has 2 atom stereocenters. The van der Waals surface area contributed by atoms with Crippen LogP contribution in [0.5, 0.6) is 0 Å². The first-order chi connectivity index (χ1) is 11.5. The van der Waals surface area contributed by atoms with Gasteiger partial charge in [-0.05, 0) is 37.8 Å². The molecule has 0 bridgehead atoms.